The van der Waals surface area contributed by atoms with E-state index in [-0.39, 0.29) is 11.3 Å². The molecular formula is C14H12F3NO. The molecule has 2 nitrogen and oxygen atoms in total. The lowest BCUT2D eigenvalue weighted by Crippen LogP contribution is -2.28. The first-order valence-corrected chi connectivity index (χ1v) is 5.62. The number of hydrogen-bond acceptors (Lipinski definition) is 2. The molecule has 0 amide bonds. The van der Waals surface area contributed by atoms with Crippen molar-refractivity contribution >= 4 is 0 Å². The summed E-state index contributed by atoms with van der Waals surface area (Å²) < 4.78 is 43.5. The highest BCUT2D eigenvalue weighted by Crippen LogP contribution is 2.36. The van der Waals surface area contributed by atoms with Gasteiger partial charge in [-0.3, -0.25) is 0 Å². The number of benzene rings is 2. The number of nitrogens with two attached hydrogens (primary N) is 1. The molecule has 0 radical (unpaired) electrons. The van der Waals surface area contributed by atoms with E-state index in [2.05, 4.69) is 0 Å². The molecule has 0 unspecified atom stereocenters. The lowest BCUT2D eigenvalue weighted by molar-refractivity contribution is -0.149. The Morgan fingerprint density at radius 3 is 2.11 bits per heavy atom. The summed E-state index contributed by atoms with van der Waals surface area (Å²) in [5.41, 5.74) is 5.14. The van der Waals surface area contributed by atoms with Gasteiger partial charge in [0.15, 0.2) is 0 Å². The van der Waals surface area contributed by atoms with E-state index in [1.165, 1.54) is 18.2 Å². The molecule has 0 saturated carbocycles. The normalized spacial score (nSPS) is 13.1. The number of halogens is 3. The van der Waals surface area contributed by atoms with Crippen LogP contribution in [0.25, 0.3) is 0 Å². The molecule has 0 spiro atoms. The van der Waals surface area contributed by atoms with Crippen molar-refractivity contribution in [3.63, 3.8) is 0 Å². The summed E-state index contributed by atoms with van der Waals surface area (Å²) in [7, 11) is 0. The van der Waals surface area contributed by atoms with Crippen molar-refractivity contribution in [1.29, 1.82) is 0 Å². The van der Waals surface area contributed by atoms with Gasteiger partial charge in [-0.2, -0.15) is 13.2 Å². The smallest absolute Gasteiger partial charge is 0.407 e. The summed E-state index contributed by atoms with van der Waals surface area (Å²) in [5, 5.41) is 0. The van der Waals surface area contributed by atoms with Crippen LogP contribution < -0.4 is 10.5 Å². The lowest BCUT2D eigenvalue weighted by Gasteiger charge is -2.19. The van der Waals surface area contributed by atoms with E-state index < -0.39 is 12.2 Å². The van der Waals surface area contributed by atoms with E-state index >= 15 is 0 Å². The van der Waals surface area contributed by atoms with Crippen LogP contribution in [0.15, 0.2) is 54.6 Å². The molecule has 0 aliphatic carbocycles. The molecule has 5 heteroatoms. The van der Waals surface area contributed by atoms with Gasteiger partial charge in [-0.05, 0) is 18.2 Å². The molecule has 0 heterocycles. The Morgan fingerprint density at radius 2 is 1.47 bits per heavy atom. The van der Waals surface area contributed by atoms with Crippen LogP contribution in [-0.4, -0.2) is 6.18 Å². The van der Waals surface area contributed by atoms with Gasteiger partial charge >= 0.3 is 6.18 Å². The lowest BCUT2D eigenvalue weighted by atomic mass is 10.1. The molecule has 0 bridgehead atoms. The molecule has 1 atom stereocenters. The number of ether oxygens (including phenoxy) is 1. The van der Waals surface area contributed by atoms with Crippen molar-refractivity contribution < 1.29 is 17.9 Å². The van der Waals surface area contributed by atoms with Crippen LogP contribution in [0.4, 0.5) is 13.2 Å². The fourth-order valence-corrected chi connectivity index (χ4v) is 1.62. The number of para-hydroxylation sites is 2. The van der Waals surface area contributed by atoms with Crippen LogP contribution in [0.3, 0.4) is 0 Å². The van der Waals surface area contributed by atoms with Gasteiger partial charge < -0.3 is 10.5 Å². The molecule has 2 aromatic carbocycles. The average Bonchev–Trinajstić information content (AvgIpc) is 2.39. The molecular weight excluding hydrogens is 255 g/mol. The van der Waals surface area contributed by atoms with Crippen LogP contribution in [0.1, 0.15) is 11.6 Å². The van der Waals surface area contributed by atoms with Gasteiger partial charge in [-0.25, -0.2) is 0 Å². The first-order valence-electron chi connectivity index (χ1n) is 5.62. The van der Waals surface area contributed by atoms with Crippen LogP contribution in [-0.2, 0) is 0 Å². The predicted octanol–water partition coefficient (Wildman–Crippen LogP) is 4.04. The quantitative estimate of drug-likeness (QED) is 0.910. The third kappa shape index (κ3) is 3.26. The van der Waals surface area contributed by atoms with Crippen molar-refractivity contribution in [3.05, 3.63) is 60.2 Å². The summed E-state index contributed by atoms with van der Waals surface area (Å²) in [5.74, 6) is 0.572. The minimum atomic E-state index is -4.50. The summed E-state index contributed by atoms with van der Waals surface area (Å²) in [6, 6.07) is 12.4. The Morgan fingerprint density at radius 1 is 0.895 bits per heavy atom. The molecule has 2 rings (SSSR count). The molecule has 19 heavy (non-hydrogen) atoms. The molecule has 0 aromatic heterocycles. The SMILES string of the molecule is N[C@H](c1ccccc1Oc1ccccc1)C(F)(F)F. The van der Waals surface area contributed by atoms with Crippen molar-refractivity contribution in [1.82, 2.24) is 0 Å². The third-order valence-electron chi connectivity index (χ3n) is 2.58. The first kappa shape index (κ1) is 13.4. The summed E-state index contributed by atoms with van der Waals surface area (Å²) in [4.78, 5) is 0. The highest BCUT2D eigenvalue weighted by molar-refractivity contribution is 5.40. The molecule has 0 aliphatic rings. The zero-order valence-corrected chi connectivity index (χ0v) is 9.89. The van der Waals surface area contributed by atoms with Crippen molar-refractivity contribution in [2.75, 3.05) is 0 Å². The van der Waals surface area contributed by atoms with Gasteiger partial charge in [-0.1, -0.05) is 36.4 Å². The molecule has 2 aromatic rings. The van der Waals surface area contributed by atoms with Crippen LogP contribution in [0, 0.1) is 0 Å². The Hall–Kier alpha value is -2.01. The van der Waals surface area contributed by atoms with E-state index in [9.17, 15) is 13.2 Å². The summed E-state index contributed by atoms with van der Waals surface area (Å²) >= 11 is 0. The van der Waals surface area contributed by atoms with Gasteiger partial charge in [0.25, 0.3) is 0 Å². The highest BCUT2D eigenvalue weighted by Gasteiger charge is 2.39. The molecule has 0 saturated heterocycles. The van der Waals surface area contributed by atoms with Gasteiger partial charge in [0.1, 0.15) is 17.5 Å². The zero-order chi connectivity index (χ0) is 13.9. The van der Waals surface area contributed by atoms with Gasteiger partial charge in [0, 0.05) is 5.56 Å². The predicted molar refractivity (Wildman–Crippen MR) is 65.9 cm³/mol. The van der Waals surface area contributed by atoms with Crippen molar-refractivity contribution in [2.45, 2.75) is 12.2 Å². The maximum atomic E-state index is 12.7. The Labute approximate surface area is 108 Å². The second kappa shape index (κ2) is 5.32. The zero-order valence-electron chi connectivity index (χ0n) is 9.89. The molecule has 0 fully saturated rings. The Kier molecular flexibility index (Phi) is 3.76. The standard InChI is InChI=1S/C14H12F3NO/c15-14(16,17)13(18)11-8-4-5-9-12(11)19-10-6-2-1-3-7-10/h1-9,13H,18H2/t13-/m1/s1. The maximum Gasteiger partial charge on any atom is 0.407 e. The average molecular weight is 267 g/mol. The minimum Gasteiger partial charge on any atom is -0.457 e. The maximum absolute atomic E-state index is 12.7. The van der Waals surface area contributed by atoms with E-state index in [4.69, 9.17) is 10.5 Å². The van der Waals surface area contributed by atoms with Crippen molar-refractivity contribution in [3.8, 4) is 11.5 Å². The summed E-state index contributed by atoms with van der Waals surface area (Å²) in [6.45, 7) is 0. The van der Waals surface area contributed by atoms with Crippen molar-refractivity contribution in [2.24, 2.45) is 5.73 Å². The minimum absolute atomic E-state index is 0.0844. The highest BCUT2D eigenvalue weighted by atomic mass is 19.4. The van der Waals surface area contributed by atoms with E-state index in [0.29, 0.717) is 5.75 Å². The second-order valence-electron chi connectivity index (χ2n) is 3.97. The van der Waals surface area contributed by atoms with Crippen LogP contribution in [0.5, 0.6) is 11.5 Å². The van der Waals surface area contributed by atoms with Gasteiger partial charge in [0.05, 0.1) is 0 Å². The molecule has 2 N–H and O–H groups in total. The van der Waals surface area contributed by atoms with Gasteiger partial charge in [0.2, 0.25) is 0 Å². The Balaban J connectivity index is 2.32. The van der Waals surface area contributed by atoms with E-state index in [1.54, 1.807) is 36.4 Å². The van der Waals surface area contributed by atoms with E-state index in [1.807, 2.05) is 0 Å². The fraction of sp³-hybridized carbons (Fsp3) is 0.143. The topological polar surface area (TPSA) is 35.2 Å². The number of alkyl halides is 3. The van der Waals surface area contributed by atoms with Gasteiger partial charge in [-0.15, -0.1) is 0 Å². The fourth-order valence-electron chi connectivity index (χ4n) is 1.62. The van der Waals surface area contributed by atoms with E-state index in [0.717, 1.165) is 0 Å². The van der Waals surface area contributed by atoms with Crippen LogP contribution in [0.2, 0.25) is 0 Å². The Bertz CT molecular complexity index is 540. The second-order valence-corrected chi connectivity index (χ2v) is 3.97. The number of hydrogen-bond donors (Lipinski definition) is 1. The molecule has 100 valence electrons. The third-order valence-corrected chi connectivity index (χ3v) is 2.58. The first-order chi connectivity index (χ1) is 8.98. The largest absolute Gasteiger partial charge is 0.457 e. The number of rotatable bonds is 3. The van der Waals surface area contributed by atoms with Crippen LogP contribution >= 0.6 is 0 Å². The summed E-state index contributed by atoms with van der Waals surface area (Å²) in [6.07, 6.45) is -4.50. The monoisotopic (exact) mass is 267 g/mol. The molecule has 0 aliphatic heterocycles.